The monoisotopic (exact) mass is 501 g/mol. The number of aromatic nitrogens is 4. The molecule has 0 aliphatic heterocycles. The smallest absolute Gasteiger partial charge is 0.333 e. The molecule has 0 fully saturated rings. The summed E-state index contributed by atoms with van der Waals surface area (Å²) in [5.41, 5.74) is 7.86. The second-order valence-electron chi connectivity index (χ2n) is 6.93. The zero-order chi connectivity index (χ0) is 22.4. The van der Waals surface area contributed by atoms with Crippen LogP contribution in [0.2, 0.25) is 5.15 Å². The van der Waals surface area contributed by atoms with Crippen LogP contribution in [0.1, 0.15) is 0 Å². The van der Waals surface area contributed by atoms with Crippen LogP contribution in [-0.4, -0.2) is 26.2 Å². The number of nitrogens with one attached hydrogen (secondary N) is 1. The highest BCUT2D eigenvalue weighted by molar-refractivity contribution is 7.13. The fourth-order valence-electron chi connectivity index (χ4n) is 3.64. The first-order chi connectivity index (χ1) is 15.5. The number of nitrogens with zero attached hydrogens (tertiary/aromatic N) is 3. The van der Waals surface area contributed by atoms with E-state index in [1.165, 1.54) is 18.4 Å². The van der Waals surface area contributed by atoms with Crippen molar-refractivity contribution in [3.8, 4) is 28.4 Å². The minimum Gasteiger partial charge on any atom is -0.495 e. The standard InChI is InChI=1S/C22H16ClN5O3S.ClH/c1-31-17-5-3-2-4-16(17)28-20(29)19-14(26-22(28)30)10-18(23)27(19)13-8-6-12(7-9-13)15-11-32-21(24)25-15;/h2-11H,1H3,(H2,24,25)(H,26,30);1H. The van der Waals surface area contributed by atoms with Crippen molar-refractivity contribution < 1.29 is 4.74 Å². The summed E-state index contributed by atoms with van der Waals surface area (Å²) in [7, 11) is 1.48. The summed E-state index contributed by atoms with van der Waals surface area (Å²) in [6.45, 7) is 0. The van der Waals surface area contributed by atoms with Crippen molar-refractivity contribution in [2.75, 3.05) is 12.8 Å². The lowest BCUT2D eigenvalue weighted by Crippen LogP contribution is -2.34. The predicted octanol–water partition coefficient (Wildman–Crippen LogP) is 4.26. The Balaban J connectivity index is 0.00000259. The van der Waals surface area contributed by atoms with Crippen molar-refractivity contribution >= 4 is 51.5 Å². The van der Waals surface area contributed by atoms with E-state index in [0.717, 1.165) is 15.8 Å². The summed E-state index contributed by atoms with van der Waals surface area (Å²) in [4.78, 5) is 33.3. The van der Waals surface area contributed by atoms with Gasteiger partial charge < -0.3 is 15.5 Å². The highest BCUT2D eigenvalue weighted by Gasteiger charge is 2.19. The number of anilines is 1. The van der Waals surface area contributed by atoms with Crippen LogP contribution in [0.15, 0.2) is 69.6 Å². The molecular weight excluding hydrogens is 485 g/mol. The van der Waals surface area contributed by atoms with Crippen LogP contribution in [0.4, 0.5) is 5.13 Å². The number of halogens is 2. The Labute approximate surface area is 202 Å². The van der Waals surface area contributed by atoms with Gasteiger partial charge in [-0.05, 0) is 30.3 Å². The number of ether oxygens (including phenoxy) is 1. The van der Waals surface area contributed by atoms with E-state index in [4.69, 9.17) is 22.1 Å². The fourth-order valence-corrected chi connectivity index (χ4v) is 4.51. The lowest BCUT2D eigenvalue weighted by Gasteiger charge is -2.11. The van der Waals surface area contributed by atoms with Gasteiger partial charge in [0.15, 0.2) is 5.13 Å². The number of H-pyrrole nitrogens is 1. The summed E-state index contributed by atoms with van der Waals surface area (Å²) in [6, 6.07) is 15.8. The van der Waals surface area contributed by atoms with Gasteiger partial charge in [-0.1, -0.05) is 35.9 Å². The number of hydrogen-bond donors (Lipinski definition) is 2. The lowest BCUT2D eigenvalue weighted by atomic mass is 10.1. The van der Waals surface area contributed by atoms with Crippen molar-refractivity contribution in [3.05, 3.63) is 86.0 Å². The number of rotatable bonds is 4. The van der Waals surface area contributed by atoms with Gasteiger partial charge >= 0.3 is 5.69 Å². The molecule has 0 amide bonds. The molecule has 0 bridgehead atoms. The molecule has 8 nitrogen and oxygen atoms in total. The third kappa shape index (κ3) is 3.80. The van der Waals surface area contributed by atoms with E-state index in [9.17, 15) is 9.59 Å². The molecule has 11 heteroatoms. The Hall–Kier alpha value is -3.53. The molecule has 0 unspecified atom stereocenters. The zero-order valence-corrected chi connectivity index (χ0v) is 19.5. The number of hydrogen-bond acceptors (Lipinski definition) is 6. The van der Waals surface area contributed by atoms with Crippen LogP contribution >= 0.6 is 35.3 Å². The van der Waals surface area contributed by atoms with Crippen LogP contribution in [0, 0.1) is 0 Å². The number of methoxy groups -OCH3 is 1. The van der Waals surface area contributed by atoms with E-state index in [0.29, 0.717) is 27.8 Å². The molecule has 2 aromatic carbocycles. The van der Waals surface area contributed by atoms with Gasteiger partial charge in [0.05, 0.1) is 24.0 Å². The molecule has 33 heavy (non-hydrogen) atoms. The molecule has 3 N–H and O–H groups in total. The number of nitrogens with two attached hydrogens (primary N) is 1. The first-order valence-electron chi connectivity index (χ1n) is 9.49. The largest absolute Gasteiger partial charge is 0.495 e. The van der Waals surface area contributed by atoms with Gasteiger partial charge in [0.25, 0.3) is 5.56 Å². The Bertz CT molecular complexity index is 1580. The summed E-state index contributed by atoms with van der Waals surface area (Å²) in [6.07, 6.45) is 0. The number of fused-ring (bicyclic) bond motifs is 1. The van der Waals surface area contributed by atoms with E-state index < -0.39 is 11.2 Å². The van der Waals surface area contributed by atoms with E-state index in [1.807, 2.05) is 29.6 Å². The molecule has 0 saturated carbocycles. The van der Waals surface area contributed by atoms with Crippen molar-refractivity contribution in [2.24, 2.45) is 0 Å². The maximum atomic E-state index is 13.5. The molecule has 0 radical (unpaired) electrons. The van der Waals surface area contributed by atoms with Gasteiger partial charge in [-0.25, -0.2) is 14.3 Å². The van der Waals surface area contributed by atoms with Crippen LogP contribution in [0.5, 0.6) is 5.75 Å². The molecule has 0 aliphatic rings. The Morgan fingerprint density at radius 3 is 2.48 bits per heavy atom. The molecule has 0 atom stereocenters. The number of aromatic amines is 1. The van der Waals surface area contributed by atoms with Crippen molar-refractivity contribution in [1.29, 1.82) is 0 Å². The maximum absolute atomic E-state index is 13.5. The van der Waals surface area contributed by atoms with Gasteiger partial charge in [0.1, 0.15) is 16.4 Å². The second kappa shape index (κ2) is 8.78. The van der Waals surface area contributed by atoms with Crippen LogP contribution < -0.4 is 21.7 Å². The first-order valence-corrected chi connectivity index (χ1v) is 10.7. The molecule has 5 aromatic rings. The molecule has 168 valence electrons. The van der Waals surface area contributed by atoms with Crippen molar-refractivity contribution in [1.82, 2.24) is 19.1 Å². The fraction of sp³-hybridized carbons (Fsp3) is 0.0455. The molecule has 0 saturated heterocycles. The molecule has 0 aliphatic carbocycles. The van der Waals surface area contributed by atoms with Gasteiger partial charge in [0.2, 0.25) is 0 Å². The van der Waals surface area contributed by atoms with E-state index in [1.54, 1.807) is 34.9 Å². The Morgan fingerprint density at radius 2 is 1.82 bits per heavy atom. The van der Waals surface area contributed by atoms with Crippen LogP contribution in [0.3, 0.4) is 0 Å². The molecule has 3 aromatic heterocycles. The maximum Gasteiger partial charge on any atom is 0.333 e. The minimum atomic E-state index is -0.586. The molecule has 0 spiro atoms. The van der Waals surface area contributed by atoms with Crippen molar-refractivity contribution in [3.63, 3.8) is 0 Å². The minimum absolute atomic E-state index is 0. The lowest BCUT2D eigenvalue weighted by molar-refractivity contribution is 0.412. The number of thiazole rings is 1. The van der Waals surface area contributed by atoms with Crippen LogP contribution in [0.25, 0.3) is 33.7 Å². The van der Waals surface area contributed by atoms with Gasteiger partial charge in [0, 0.05) is 16.6 Å². The molecule has 5 rings (SSSR count). The molecular formula is C22H17Cl2N5O3S. The Morgan fingerprint density at radius 1 is 1.09 bits per heavy atom. The highest BCUT2D eigenvalue weighted by Crippen LogP contribution is 2.28. The summed E-state index contributed by atoms with van der Waals surface area (Å²) in [5, 5.41) is 2.65. The van der Waals surface area contributed by atoms with Crippen LogP contribution in [-0.2, 0) is 0 Å². The van der Waals surface area contributed by atoms with Crippen molar-refractivity contribution in [2.45, 2.75) is 0 Å². The van der Waals surface area contributed by atoms with Gasteiger partial charge in [-0.3, -0.25) is 9.36 Å². The third-order valence-corrected chi connectivity index (χ3v) is 6.03. The number of nitrogen functional groups attached to an aromatic ring is 1. The quantitative estimate of drug-likeness (QED) is 0.382. The zero-order valence-electron chi connectivity index (χ0n) is 17.1. The van der Waals surface area contributed by atoms with E-state index in [-0.39, 0.29) is 23.1 Å². The normalized spacial score (nSPS) is 10.8. The van der Waals surface area contributed by atoms with E-state index >= 15 is 0 Å². The average Bonchev–Trinajstić information content (AvgIpc) is 3.37. The summed E-state index contributed by atoms with van der Waals surface area (Å²) in [5.74, 6) is 0.399. The van der Waals surface area contributed by atoms with Gasteiger partial charge in [-0.2, -0.15) is 0 Å². The third-order valence-electron chi connectivity index (χ3n) is 5.08. The second-order valence-corrected chi connectivity index (χ2v) is 8.20. The summed E-state index contributed by atoms with van der Waals surface area (Å²) < 4.78 is 7.98. The van der Waals surface area contributed by atoms with Gasteiger partial charge in [-0.15, -0.1) is 23.7 Å². The SMILES string of the molecule is COc1ccccc1-n1c(=O)[nH]c2cc(Cl)n(-c3ccc(-c4csc(N)n4)cc3)c2c1=O.Cl. The number of benzene rings is 2. The average molecular weight is 502 g/mol. The summed E-state index contributed by atoms with van der Waals surface area (Å²) >= 11 is 7.85. The molecule has 3 heterocycles. The van der Waals surface area contributed by atoms with E-state index in [2.05, 4.69) is 9.97 Å². The highest BCUT2D eigenvalue weighted by atomic mass is 35.5. The first kappa shape index (κ1) is 22.7. The Kier molecular flexibility index (Phi) is 6.03. The predicted molar refractivity (Wildman–Crippen MR) is 134 cm³/mol. The number of para-hydroxylation sites is 2. The topological polar surface area (TPSA) is 108 Å².